The Morgan fingerprint density at radius 3 is 2.87 bits per heavy atom. The van der Waals surface area contributed by atoms with Crippen LogP contribution in [-0.4, -0.2) is 34.3 Å². The summed E-state index contributed by atoms with van der Waals surface area (Å²) in [6.45, 7) is 3.58. The summed E-state index contributed by atoms with van der Waals surface area (Å²) in [4.78, 5) is 17.6. The van der Waals surface area contributed by atoms with Gasteiger partial charge in [-0.1, -0.05) is 0 Å². The van der Waals surface area contributed by atoms with Gasteiger partial charge in [-0.25, -0.2) is 4.98 Å². The van der Waals surface area contributed by atoms with Crippen LogP contribution in [0.4, 0.5) is 5.82 Å². The molecule has 1 aromatic heterocycles. The van der Waals surface area contributed by atoms with Gasteiger partial charge in [0.25, 0.3) is 5.56 Å². The summed E-state index contributed by atoms with van der Waals surface area (Å²) in [6, 6.07) is 0. The molecule has 0 saturated heterocycles. The molecule has 0 atom stereocenters. The molecule has 0 spiro atoms. The van der Waals surface area contributed by atoms with Crippen LogP contribution in [-0.2, 0) is 0 Å². The van der Waals surface area contributed by atoms with Crippen molar-refractivity contribution in [1.82, 2.24) is 9.97 Å². The van der Waals surface area contributed by atoms with Gasteiger partial charge in [-0.05, 0) is 13.8 Å². The first-order valence-electron chi connectivity index (χ1n) is 4.52. The smallest absolute Gasteiger partial charge is 0.295 e. The van der Waals surface area contributed by atoms with Crippen LogP contribution in [0.3, 0.4) is 0 Å². The number of aromatic nitrogens is 2. The van der Waals surface area contributed by atoms with E-state index in [1.165, 1.54) is 13.4 Å². The van der Waals surface area contributed by atoms with Crippen molar-refractivity contribution in [2.45, 2.75) is 19.4 Å². The maximum atomic E-state index is 11.3. The lowest BCUT2D eigenvalue weighted by molar-refractivity contribution is 0.0943. The second-order valence-corrected chi connectivity index (χ2v) is 3.78. The summed E-state index contributed by atoms with van der Waals surface area (Å²) in [5.74, 6) is 0.435. The fourth-order valence-corrected chi connectivity index (χ4v) is 1.00. The monoisotopic (exact) mass is 213 g/mol. The molecule has 1 aromatic rings. The van der Waals surface area contributed by atoms with Gasteiger partial charge >= 0.3 is 0 Å². The molecule has 0 radical (unpaired) electrons. The number of hydrogen-bond acceptors (Lipinski definition) is 5. The maximum Gasteiger partial charge on any atom is 0.295 e. The molecule has 0 aliphatic heterocycles. The average Bonchev–Trinajstić information content (AvgIpc) is 2.13. The number of aliphatic hydroxyl groups is 1. The molecular weight excluding hydrogens is 198 g/mol. The number of nitrogens with zero attached hydrogens (tertiary/aromatic N) is 1. The standard InChI is InChI=1S/C9H15N3O3/c1-9(2,14)4-10-7-6(15-3)8(13)12-5-11-7/h5,14H,4H2,1-3H3,(H2,10,11,12,13). The first kappa shape index (κ1) is 11.5. The number of hydrogen-bond donors (Lipinski definition) is 3. The van der Waals surface area contributed by atoms with E-state index < -0.39 is 5.60 Å². The van der Waals surface area contributed by atoms with E-state index in [0.29, 0.717) is 5.82 Å². The molecule has 15 heavy (non-hydrogen) atoms. The van der Waals surface area contributed by atoms with Crippen molar-refractivity contribution in [3.05, 3.63) is 16.7 Å². The lowest BCUT2D eigenvalue weighted by Crippen LogP contribution is -2.30. The molecule has 1 rings (SSSR count). The fraction of sp³-hybridized carbons (Fsp3) is 0.556. The Morgan fingerprint density at radius 2 is 2.33 bits per heavy atom. The molecule has 84 valence electrons. The topological polar surface area (TPSA) is 87.2 Å². The summed E-state index contributed by atoms with van der Waals surface area (Å²) >= 11 is 0. The number of anilines is 1. The lowest BCUT2D eigenvalue weighted by atomic mass is 10.1. The zero-order valence-electron chi connectivity index (χ0n) is 9.00. The normalized spacial score (nSPS) is 11.2. The predicted octanol–water partition coefficient (Wildman–Crippen LogP) is -0.0387. The van der Waals surface area contributed by atoms with E-state index in [-0.39, 0.29) is 17.9 Å². The molecular formula is C9H15N3O3. The summed E-state index contributed by atoms with van der Waals surface area (Å²) in [5, 5.41) is 12.3. The number of H-pyrrole nitrogens is 1. The molecule has 6 heteroatoms. The Morgan fingerprint density at radius 1 is 1.67 bits per heavy atom. The van der Waals surface area contributed by atoms with Crippen LogP contribution in [0.5, 0.6) is 5.75 Å². The van der Waals surface area contributed by atoms with Crippen LogP contribution in [0.15, 0.2) is 11.1 Å². The van der Waals surface area contributed by atoms with Gasteiger partial charge in [0.15, 0.2) is 5.82 Å². The molecule has 1 heterocycles. The number of aromatic amines is 1. The van der Waals surface area contributed by atoms with E-state index in [9.17, 15) is 9.90 Å². The number of rotatable bonds is 4. The van der Waals surface area contributed by atoms with Crippen molar-refractivity contribution < 1.29 is 9.84 Å². The van der Waals surface area contributed by atoms with Gasteiger partial charge in [-0.3, -0.25) is 4.79 Å². The van der Waals surface area contributed by atoms with Crippen LogP contribution < -0.4 is 15.6 Å². The number of methoxy groups -OCH3 is 1. The average molecular weight is 213 g/mol. The molecule has 0 aliphatic rings. The van der Waals surface area contributed by atoms with E-state index in [1.807, 2.05) is 0 Å². The molecule has 0 saturated carbocycles. The van der Waals surface area contributed by atoms with Crippen molar-refractivity contribution in [2.75, 3.05) is 19.0 Å². The zero-order chi connectivity index (χ0) is 11.5. The first-order chi connectivity index (χ1) is 6.94. The van der Waals surface area contributed by atoms with Crippen LogP contribution >= 0.6 is 0 Å². The lowest BCUT2D eigenvalue weighted by Gasteiger charge is -2.18. The minimum atomic E-state index is -0.880. The minimum Gasteiger partial charge on any atom is -0.489 e. The highest BCUT2D eigenvalue weighted by Gasteiger charge is 2.15. The van der Waals surface area contributed by atoms with E-state index in [4.69, 9.17) is 4.74 Å². The molecule has 0 aliphatic carbocycles. The SMILES string of the molecule is COc1c(NCC(C)(C)O)nc[nH]c1=O. The summed E-state index contributed by atoms with van der Waals surface area (Å²) in [6.07, 6.45) is 1.28. The van der Waals surface area contributed by atoms with E-state index in [1.54, 1.807) is 13.8 Å². The fourth-order valence-electron chi connectivity index (χ4n) is 1.00. The van der Waals surface area contributed by atoms with Gasteiger partial charge in [0, 0.05) is 6.54 Å². The van der Waals surface area contributed by atoms with Gasteiger partial charge in [0.05, 0.1) is 19.0 Å². The Hall–Kier alpha value is -1.56. The molecule has 0 fully saturated rings. The van der Waals surface area contributed by atoms with Gasteiger partial charge < -0.3 is 20.1 Å². The van der Waals surface area contributed by atoms with E-state index in [0.717, 1.165) is 0 Å². The molecule has 0 amide bonds. The molecule has 0 bridgehead atoms. The summed E-state index contributed by atoms with van der Waals surface area (Å²) in [5.41, 5.74) is -1.24. The first-order valence-corrected chi connectivity index (χ1v) is 4.52. The van der Waals surface area contributed by atoms with Crippen LogP contribution in [0, 0.1) is 0 Å². The summed E-state index contributed by atoms with van der Waals surface area (Å²) < 4.78 is 4.89. The third-order valence-corrected chi connectivity index (χ3v) is 1.70. The van der Waals surface area contributed by atoms with E-state index >= 15 is 0 Å². The van der Waals surface area contributed by atoms with Crippen molar-refractivity contribution in [3.63, 3.8) is 0 Å². The molecule has 6 nitrogen and oxygen atoms in total. The highest BCUT2D eigenvalue weighted by Crippen LogP contribution is 2.15. The van der Waals surface area contributed by atoms with Gasteiger partial charge in [0.2, 0.25) is 5.75 Å². The van der Waals surface area contributed by atoms with Crippen molar-refractivity contribution >= 4 is 5.82 Å². The third-order valence-electron chi connectivity index (χ3n) is 1.70. The molecule has 0 unspecified atom stereocenters. The van der Waals surface area contributed by atoms with E-state index in [2.05, 4.69) is 15.3 Å². The Kier molecular flexibility index (Phi) is 3.31. The van der Waals surface area contributed by atoms with Crippen molar-refractivity contribution in [1.29, 1.82) is 0 Å². The van der Waals surface area contributed by atoms with Crippen molar-refractivity contribution in [2.24, 2.45) is 0 Å². The minimum absolute atomic E-state index is 0.113. The summed E-state index contributed by atoms with van der Waals surface area (Å²) in [7, 11) is 1.39. The van der Waals surface area contributed by atoms with Crippen LogP contribution in [0.2, 0.25) is 0 Å². The Labute approximate surface area is 87.3 Å². The third kappa shape index (κ3) is 3.25. The van der Waals surface area contributed by atoms with Gasteiger partial charge in [-0.15, -0.1) is 0 Å². The predicted molar refractivity (Wildman–Crippen MR) is 56.2 cm³/mol. The van der Waals surface area contributed by atoms with Crippen LogP contribution in [0.1, 0.15) is 13.8 Å². The van der Waals surface area contributed by atoms with Crippen molar-refractivity contribution in [3.8, 4) is 5.75 Å². The highest BCUT2D eigenvalue weighted by atomic mass is 16.5. The second kappa shape index (κ2) is 4.31. The van der Waals surface area contributed by atoms with Gasteiger partial charge in [0.1, 0.15) is 0 Å². The van der Waals surface area contributed by atoms with Crippen LogP contribution in [0.25, 0.3) is 0 Å². The second-order valence-electron chi connectivity index (χ2n) is 3.78. The Bertz CT molecular complexity index is 381. The Balaban J connectivity index is 2.86. The largest absolute Gasteiger partial charge is 0.489 e. The van der Waals surface area contributed by atoms with Gasteiger partial charge in [-0.2, -0.15) is 0 Å². The molecule has 0 aromatic carbocycles. The zero-order valence-corrected chi connectivity index (χ0v) is 9.00. The molecule has 3 N–H and O–H groups in total. The number of ether oxygens (including phenoxy) is 1. The number of nitrogens with one attached hydrogen (secondary N) is 2. The quantitative estimate of drug-likeness (QED) is 0.653. The highest BCUT2D eigenvalue weighted by molar-refractivity contribution is 5.47. The maximum absolute atomic E-state index is 11.3.